The van der Waals surface area contributed by atoms with Gasteiger partial charge in [0.15, 0.2) is 5.13 Å². The highest BCUT2D eigenvalue weighted by atomic mass is 32.1. The zero-order chi connectivity index (χ0) is 24.4. The summed E-state index contributed by atoms with van der Waals surface area (Å²) in [5, 5.41) is 5.65. The number of benzene rings is 2. The van der Waals surface area contributed by atoms with E-state index >= 15 is 0 Å². The monoisotopic (exact) mass is 493 g/mol. The Hall–Kier alpha value is -3.76. The van der Waals surface area contributed by atoms with Gasteiger partial charge in [-0.3, -0.25) is 14.5 Å². The van der Waals surface area contributed by atoms with Crippen LogP contribution in [0, 0.1) is 0 Å². The van der Waals surface area contributed by atoms with Crippen LogP contribution in [0.5, 0.6) is 5.75 Å². The van der Waals surface area contributed by atoms with Gasteiger partial charge in [0.05, 0.1) is 42.1 Å². The van der Waals surface area contributed by atoms with Gasteiger partial charge in [0.1, 0.15) is 12.4 Å². The average molecular weight is 494 g/mol. The Labute approximate surface area is 205 Å². The number of thiazole rings is 1. The Bertz CT molecular complexity index is 1270. The third-order valence-electron chi connectivity index (χ3n) is 5.86. The number of nitrogens with one attached hydrogen (secondary N) is 1. The van der Waals surface area contributed by atoms with Crippen molar-refractivity contribution in [2.75, 3.05) is 25.6 Å². The van der Waals surface area contributed by atoms with Gasteiger partial charge >= 0.3 is 5.97 Å². The van der Waals surface area contributed by atoms with Crippen LogP contribution in [-0.4, -0.2) is 54.0 Å². The highest BCUT2D eigenvalue weighted by Gasteiger charge is 2.38. The average Bonchev–Trinajstić information content (AvgIpc) is 3.61. The lowest BCUT2D eigenvalue weighted by Gasteiger charge is -2.17. The molecular formula is C25H23N3O6S. The Morgan fingerprint density at radius 2 is 1.97 bits per heavy atom. The van der Waals surface area contributed by atoms with Gasteiger partial charge in [0.25, 0.3) is 11.8 Å². The van der Waals surface area contributed by atoms with E-state index in [-0.39, 0.29) is 36.3 Å². The first-order chi connectivity index (χ1) is 17.0. The molecule has 5 rings (SSSR count). The molecule has 1 N–H and O–H groups in total. The third-order valence-corrected chi connectivity index (χ3v) is 6.67. The number of carbonyl (C=O) groups excluding carboxylic acids is 3. The highest BCUT2D eigenvalue weighted by molar-refractivity contribution is 7.13. The minimum Gasteiger partial charge on any atom is -0.497 e. The number of amides is 2. The maximum atomic E-state index is 12.8. The van der Waals surface area contributed by atoms with Crippen molar-refractivity contribution in [3.63, 3.8) is 0 Å². The summed E-state index contributed by atoms with van der Waals surface area (Å²) >= 11 is 1.39. The van der Waals surface area contributed by atoms with E-state index < -0.39 is 11.9 Å². The fraction of sp³-hybridized carbons (Fsp3) is 0.280. The number of carbonyl (C=O) groups is 3. The van der Waals surface area contributed by atoms with Crippen LogP contribution in [0.25, 0.3) is 0 Å². The van der Waals surface area contributed by atoms with Gasteiger partial charge in [-0.25, -0.2) is 9.78 Å². The second-order valence-corrected chi connectivity index (χ2v) is 9.05. The molecule has 0 radical (unpaired) electrons. The molecule has 0 bridgehead atoms. The Balaban J connectivity index is 1.19. The van der Waals surface area contributed by atoms with Gasteiger partial charge in [-0.05, 0) is 55.3 Å². The largest absolute Gasteiger partial charge is 0.497 e. The van der Waals surface area contributed by atoms with Gasteiger partial charge in [0.2, 0.25) is 0 Å². The molecule has 2 aromatic carbocycles. The van der Waals surface area contributed by atoms with Crippen molar-refractivity contribution in [2.45, 2.75) is 25.6 Å². The van der Waals surface area contributed by atoms with Crippen molar-refractivity contribution < 1.29 is 28.6 Å². The molecule has 2 aliphatic heterocycles. The predicted molar refractivity (Wildman–Crippen MR) is 128 cm³/mol. The smallest absolute Gasteiger partial charge is 0.338 e. The molecule has 0 spiro atoms. The second-order valence-electron chi connectivity index (χ2n) is 8.19. The van der Waals surface area contributed by atoms with Crippen LogP contribution in [0.1, 0.15) is 49.6 Å². The Morgan fingerprint density at radius 3 is 2.71 bits per heavy atom. The molecule has 3 aromatic rings. The van der Waals surface area contributed by atoms with Crippen molar-refractivity contribution in [3.05, 3.63) is 70.2 Å². The fourth-order valence-electron chi connectivity index (χ4n) is 4.03. The van der Waals surface area contributed by atoms with Crippen molar-refractivity contribution in [3.8, 4) is 5.75 Å². The van der Waals surface area contributed by atoms with Crippen molar-refractivity contribution in [2.24, 2.45) is 0 Å². The first-order valence-electron chi connectivity index (χ1n) is 11.2. The number of hydrogen-bond donors (Lipinski definition) is 1. The van der Waals surface area contributed by atoms with Crippen LogP contribution in [-0.2, 0) is 16.1 Å². The molecule has 1 aromatic heterocycles. The van der Waals surface area contributed by atoms with E-state index in [1.165, 1.54) is 34.4 Å². The summed E-state index contributed by atoms with van der Waals surface area (Å²) < 4.78 is 16.1. The summed E-state index contributed by atoms with van der Waals surface area (Å²) in [5.41, 5.74) is 2.15. The van der Waals surface area contributed by atoms with Crippen LogP contribution in [0.2, 0.25) is 0 Å². The van der Waals surface area contributed by atoms with Crippen LogP contribution < -0.4 is 10.1 Å². The lowest BCUT2D eigenvalue weighted by molar-refractivity contribution is 0.0466. The molecular weight excluding hydrogens is 470 g/mol. The Kier molecular flexibility index (Phi) is 6.47. The Morgan fingerprint density at radius 1 is 1.17 bits per heavy atom. The summed E-state index contributed by atoms with van der Waals surface area (Å²) in [4.78, 5) is 43.7. The zero-order valence-corrected chi connectivity index (χ0v) is 19.8. The molecule has 0 saturated carbocycles. The maximum absolute atomic E-state index is 12.8. The van der Waals surface area contributed by atoms with Crippen molar-refractivity contribution >= 4 is 39.9 Å². The minimum atomic E-state index is -0.594. The first-order valence-corrected chi connectivity index (χ1v) is 12.0. The van der Waals surface area contributed by atoms with Gasteiger partial charge in [-0.1, -0.05) is 0 Å². The van der Waals surface area contributed by atoms with Crippen molar-refractivity contribution in [1.29, 1.82) is 0 Å². The quantitative estimate of drug-likeness (QED) is 0.370. The number of methoxy groups -OCH3 is 1. The number of fused-ring (bicyclic) bond motifs is 1. The number of esters is 1. The fourth-order valence-corrected chi connectivity index (χ4v) is 4.74. The summed E-state index contributed by atoms with van der Waals surface area (Å²) in [5.74, 6) is -0.609. The molecule has 1 fully saturated rings. The molecule has 0 unspecified atom stereocenters. The number of anilines is 2. The molecule has 1 atom stereocenters. The molecule has 35 heavy (non-hydrogen) atoms. The maximum Gasteiger partial charge on any atom is 0.338 e. The van der Waals surface area contributed by atoms with Gasteiger partial charge in [-0.15, -0.1) is 11.3 Å². The van der Waals surface area contributed by atoms with E-state index in [1.54, 1.807) is 12.5 Å². The summed E-state index contributed by atoms with van der Waals surface area (Å²) in [7, 11) is 1.61. The van der Waals surface area contributed by atoms with E-state index in [0.29, 0.717) is 23.0 Å². The number of ether oxygens (including phenoxy) is 3. The predicted octanol–water partition coefficient (Wildman–Crippen LogP) is 4.03. The lowest BCUT2D eigenvalue weighted by Crippen LogP contribution is -2.36. The first kappa shape index (κ1) is 23.0. The molecule has 0 aliphatic carbocycles. The molecule has 180 valence electrons. The van der Waals surface area contributed by atoms with E-state index in [4.69, 9.17) is 14.2 Å². The van der Waals surface area contributed by atoms with Gasteiger partial charge < -0.3 is 19.5 Å². The molecule has 3 heterocycles. The van der Waals surface area contributed by atoms with Crippen LogP contribution in [0.3, 0.4) is 0 Å². The molecule has 2 aliphatic rings. The number of imide groups is 1. The number of hydrogen-bond acceptors (Lipinski definition) is 9. The van der Waals surface area contributed by atoms with Gasteiger partial charge in [-0.2, -0.15) is 0 Å². The number of rotatable bonds is 8. The summed E-state index contributed by atoms with van der Waals surface area (Å²) in [6.45, 7) is 0.847. The summed E-state index contributed by atoms with van der Waals surface area (Å²) in [6, 6.07) is 11.9. The lowest BCUT2D eigenvalue weighted by atomic mass is 10.1. The van der Waals surface area contributed by atoms with Crippen molar-refractivity contribution in [1.82, 2.24) is 9.88 Å². The van der Waals surface area contributed by atoms with Crippen LogP contribution >= 0.6 is 11.3 Å². The normalized spacial score (nSPS) is 16.9. The number of aromatic nitrogens is 1. The van der Waals surface area contributed by atoms with E-state index in [0.717, 1.165) is 24.3 Å². The van der Waals surface area contributed by atoms with Crippen LogP contribution in [0.4, 0.5) is 10.8 Å². The molecule has 10 heteroatoms. The van der Waals surface area contributed by atoms with E-state index in [9.17, 15) is 14.4 Å². The zero-order valence-electron chi connectivity index (χ0n) is 19.0. The number of nitrogens with zero attached hydrogens (tertiary/aromatic N) is 2. The minimum absolute atomic E-state index is 0.0191. The summed E-state index contributed by atoms with van der Waals surface area (Å²) in [6.07, 6.45) is 1.60. The highest BCUT2D eigenvalue weighted by Crippen LogP contribution is 2.27. The van der Waals surface area contributed by atoms with E-state index in [2.05, 4.69) is 10.3 Å². The standard InChI is InChI=1S/C25H23N3O6S/c1-32-18-7-5-16(6-8-18)26-25-27-17(14-35-25)13-34-24(31)15-4-9-20-21(11-15)23(30)28(22(20)29)12-19-3-2-10-33-19/h4-9,11,14,19H,2-3,10,12-13H2,1H3,(H,26,27)/t19-/m1/s1. The molecule has 1 saturated heterocycles. The topological polar surface area (TPSA) is 107 Å². The molecule has 9 nitrogen and oxygen atoms in total. The van der Waals surface area contributed by atoms with E-state index in [1.807, 2.05) is 24.3 Å². The third kappa shape index (κ3) is 4.89. The molecule has 2 amide bonds. The van der Waals surface area contributed by atoms with Gasteiger partial charge in [0, 0.05) is 17.7 Å². The SMILES string of the molecule is COc1ccc(Nc2nc(COC(=O)c3ccc4c(c3)C(=O)N(C[C@H]3CCCO3)C4=O)cs2)cc1. The second kappa shape index (κ2) is 9.85. The van der Waals surface area contributed by atoms with Crippen LogP contribution in [0.15, 0.2) is 47.8 Å².